The van der Waals surface area contributed by atoms with E-state index in [4.69, 9.17) is 0 Å². The van der Waals surface area contributed by atoms with Crippen LogP contribution < -0.4 is 0 Å². The van der Waals surface area contributed by atoms with Gasteiger partial charge in [-0.1, -0.05) is 0 Å². The van der Waals surface area contributed by atoms with Crippen LogP contribution in [0.1, 0.15) is 23.0 Å². The molecule has 0 aromatic carbocycles. The van der Waals surface area contributed by atoms with Crippen LogP contribution >= 0.6 is 11.5 Å². The normalized spacial score (nSPS) is 11.6. The number of nitrogens with zero attached hydrogens (tertiary/aromatic N) is 4. The van der Waals surface area contributed by atoms with Crippen LogP contribution in [0.4, 0.5) is 13.2 Å². The SMILES string of the molecule is CCOC(=O)c1cnn(-c2ncns2)c1C(F)(F)F. The lowest BCUT2D eigenvalue weighted by atomic mass is 10.2. The van der Waals surface area contributed by atoms with Gasteiger partial charge in [0.05, 0.1) is 12.8 Å². The Morgan fingerprint density at radius 2 is 2.26 bits per heavy atom. The number of hydrogen-bond acceptors (Lipinski definition) is 6. The minimum Gasteiger partial charge on any atom is -0.462 e. The largest absolute Gasteiger partial charge is 0.462 e. The third kappa shape index (κ3) is 2.57. The molecule has 6 nitrogen and oxygen atoms in total. The number of aromatic nitrogens is 4. The van der Waals surface area contributed by atoms with Crippen LogP contribution in [-0.2, 0) is 10.9 Å². The fourth-order valence-electron chi connectivity index (χ4n) is 1.39. The highest BCUT2D eigenvalue weighted by Crippen LogP contribution is 2.34. The lowest BCUT2D eigenvalue weighted by Gasteiger charge is -2.09. The van der Waals surface area contributed by atoms with Gasteiger partial charge >= 0.3 is 12.1 Å². The molecule has 0 bridgehead atoms. The van der Waals surface area contributed by atoms with Gasteiger partial charge < -0.3 is 4.74 Å². The lowest BCUT2D eigenvalue weighted by molar-refractivity contribution is -0.143. The summed E-state index contributed by atoms with van der Waals surface area (Å²) in [6, 6.07) is 0. The third-order valence-corrected chi connectivity index (χ3v) is 2.71. The van der Waals surface area contributed by atoms with Crippen molar-refractivity contribution in [1.29, 1.82) is 0 Å². The first-order chi connectivity index (χ1) is 8.95. The van der Waals surface area contributed by atoms with Crippen molar-refractivity contribution in [2.75, 3.05) is 6.61 Å². The topological polar surface area (TPSA) is 69.9 Å². The van der Waals surface area contributed by atoms with Crippen molar-refractivity contribution in [2.45, 2.75) is 13.1 Å². The molecular weight excluding hydrogens is 285 g/mol. The van der Waals surface area contributed by atoms with E-state index >= 15 is 0 Å². The average molecular weight is 292 g/mol. The Labute approximate surface area is 109 Å². The molecule has 2 aromatic rings. The fraction of sp³-hybridized carbons (Fsp3) is 0.333. The van der Waals surface area contributed by atoms with E-state index in [1.165, 1.54) is 6.92 Å². The molecule has 0 aliphatic heterocycles. The van der Waals surface area contributed by atoms with E-state index in [1.54, 1.807) is 0 Å². The molecule has 0 spiro atoms. The number of carbonyl (C=O) groups excluding carboxylic acids is 1. The second-order valence-corrected chi connectivity index (χ2v) is 4.02. The summed E-state index contributed by atoms with van der Waals surface area (Å²) in [5.74, 6) is -1.08. The Hall–Kier alpha value is -1.97. The Balaban J connectivity index is 2.55. The molecule has 0 amide bonds. The smallest absolute Gasteiger partial charge is 0.434 e. The monoisotopic (exact) mass is 292 g/mol. The summed E-state index contributed by atoms with van der Waals surface area (Å²) < 4.78 is 47.8. The van der Waals surface area contributed by atoms with Crippen LogP contribution in [-0.4, -0.2) is 31.7 Å². The van der Waals surface area contributed by atoms with Gasteiger partial charge in [-0.05, 0) is 6.92 Å². The van der Waals surface area contributed by atoms with Crippen LogP contribution in [0.3, 0.4) is 0 Å². The van der Waals surface area contributed by atoms with Crippen LogP contribution in [0.2, 0.25) is 0 Å². The minimum atomic E-state index is -4.76. The van der Waals surface area contributed by atoms with E-state index in [9.17, 15) is 18.0 Å². The number of rotatable bonds is 3. The van der Waals surface area contributed by atoms with Gasteiger partial charge in [-0.3, -0.25) is 0 Å². The molecule has 0 fully saturated rings. The van der Waals surface area contributed by atoms with Crippen molar-refractivity contribution >= 4 is 17.5 Å². The zero-order chi connectivity index (χ0) is 14.0. The average Bonchev–Trinajstić information content (AvgIpc) is 2.97. The van der Waals surface area contributed by atoms with Crippen LogP contribution in [0.25, 0.3) is 5.13 Å². The maximum absolute atomic E-state index is 13.0. The van der Waals surface area contributed by atoms with Gasteiger partial charge in [-0.2, -0.15) is 27.3 Å². The summed E-state index contributed by atoms with van der Waals surface area (Å²) in [6.45, 7) is 1.47. The quantitative estimate of drug-likeness (QED) is 0.808. The Bertz CT molecular complexity index is 579. The summed E-state index contributed by atoms with van der Waals surface area (Å²) in [5.41, 5.74) is -1.87. The minimum absolute atomic E-state index is 0.0277. The second kappa shape index (κ2) is 4.96. The maximum atomic E-state index is 13.0. The van der Waals surface area contributed by atoms with Gasteiger partial charge in [-0.15, -0.1) is 0 Å². The first kappa shape index (κ1) is 13.5. The number of carbonyl (C=O) groups is 1. The molecule has 0 atom stereocenters. The summed E-state index contributed by atoms with van der Waals surface area (Å²) >= 11 is 0.732. The number of hydrogen-bond donors (Lipinski definition) is 0. The van der Waals surface area contributed by atoms with Crippen LogP contribution in [0, 0.1) is 0 Å². The molecule has 2 heterocycles. The summed E-state index contributed by atoms with van der Waals surface area (Å²) in [6.07, 6.45) is -2.85. The first-order valence-electron chi connectivity index (χ1n) is 5.04. The van der Waals surface area contributed by atoms with Gasteiger partial charge in [0, 0.05) is 11.5 Å². The third-order valence-electron chi connectivity index (χ3n) is 2.06. The van der Waals surface area contributed by atoms with Gasteiger partial charge in [0.25, 0.3) is 0 Å². The van der Waals surface area contributed by atoms with E-state index < -0.39 is 23.4 Å². The Morgan fingerprint density at radius 3 is 2.79 bits per heavy atom. The first-order valence-corrected chi connectivity index (χ1v) is 5.82. The predicted molar refractivity (Wildman–Crippen MR) is 58.0 cm³/mol. The van der Waals surface area contributed by atoms with E-state index in [0.717, 1.165) is 24.1 Å². The molecule has 2 aromatic heterocycles. The number of esters is 1. The lowest BCUT2D eigenvalue weighted by Crippen LogP contribution is -2.18. The standard InChI is InChI=1S/C9H7F3N4O2S/c1-2-18-7(17)5-3-14-16(6(5)9(10,11)12)8-13-4-15-19-8/h3-4H,2H2,1H3. The number of ether oxygens (including phenoxy) is 1. The summed E-state index contributed by atoms with van der Waals surface area (Å²) in [5, 5.41) is 3.45. The van der Waals surface area contributed by atoms with E-state index in [0.29, 0.717) is 4.68 Å². The van der Waals surface area contributed by atoms with Crippen molar-refractivity contribution in [1.82, 2.24) is 19.1 Å². The molecule has 19 heavy (non-hydrogen) atoms. The zero-order valence-corrected chi connectivity index (χ0v) is 10.3. The molecule has 0 saturated heterocycles. The van der Waals surface area contributed by atoms with Crippen LogP contribution in [0.5, 0.6) is 0 Å². The zero-order valence-electron chi connectivity index (χ0n) is 9.51. The van der Waals surface area contributed by atoms with Gasteiger partial charge in [0.15, 0.2) is 5.69 Å². The van der Waals surface area contributed by atoms with Gasteiger partial charge in [-0.25, -0.2) is 9.78 Å². The molecule has 0 saturated carbocycles. The maximum Gasteiger partial charge on any atom is 0.434 e. The molecule has 102 valence electrons. The Morgan fingerprint density at radius 1 is 1.53 bits per heavy atom. The molecule has 10 heteroatoms. The van der Waals surface area contributed by atoms with Crippen molar-refractivity contribution < 1.29 is 22.7 Å². The van der Waals surface area contributed by atoms with Crippen molar-refractivity contribution in [3.8, 4) is 5.13 Å². The van der Waals surface area contributed by atoms with Crippen molar-refractivity contribution in [2.24, 2.45) is 0 Å². The highest BCUT2D eigenvalue weighted by Gasteiger charge is 2.41. The molecule has 2 rings (SSSR count). The summed E-state index contributed by atoms with van der Waals surface area (Å²) in [4.78, 5) is 15.1. The summed E-state index contributed by atoms with van der Waals surface area (Å²) in [7, 11) is 0. The van der Waals surface area contributed by atoms with Gasteiger partial charge in [0.2, 0.25) is 5.13 Å². The molecule has 0 N–H and O–H groups in total. The van der Waals surface area contributed by atoms with Gasteiger partial charge in [0.1, 0.15) is 11.9 Å². The Kier molecular flexibility index (Phi) is 3.51. The van der Waals surface area contributed by atoms with E-state index in [-0.39, 0.29) is 11.7 Å². The van der Waals surface area contributed by atoms with Crippen molar-refractivity contribution in [3.63, 3.8) is 0 Å². The highest BCUT2D eigenvalue weighted by molar-refractivity contribution is 7.07. The van der Waals surface area contributed by atoms with Crippen LogP contribution in [0.15, 0.2) is 12.5 Å². The number of halogens is 3. The molecular formula is C9H7F3N4O2S. The second-order valence-electron chi connectivity index (χ2n) is 3.26. The van der Waals surface area contributed by atoms with E-state index in [1.807, 2.05) is 0 Å². The molecule has 0 aliphatic rings. The predicted octanol–water partition coefficient (Wildman–Crippen LogP) is 1.92. The highest BCUT2D eigenvalue weighted by atomic mass is 32.1. The molecule has 0 aliphatic carbocycles. The van der Waals surface area contributed by atoms with Crippen molar-refractivity contribution in [3.05, 3.63) is 23.8 Å². The number of alkyl halides is 3. The molecule has 0 unspecified atom stereocenters. The molecule has 0 radical (unpaired) electrons. The van der Waals surface area contributed by atoms with E-state index in [2.05, 4.69) is 19.2 Å². The fourth-order valence-corrected chi connectivity index (χ4v) is 1.88.